The summed E-state index contributed by atoms with van der Waals surface area (Å²) < 4.78 is 26.7. The molecule has 0 aliphatic heterocycles. The Balaban J connectivity index is 2.28. The second-order valence-corrected chi connectivity index (χ2v) is 6.87. The minimum atomic E-state index is -3.35. The zero-order valence-electron chi connectivity index (χ0n) is 11.3. The van der Waals surface area contributed by atoms with Crippen molar-refractivity contribution in [3.63, 3.8) is 0 Å². The minimum Gasteiger partial charge on any atom is -0.283 e. The maximum absolute atomic E-state index is 12.0. The summed E-state index contributed by atoms with van der Waals surface area (Å²) in [5, 5.41) is 0.813. The van der Waals surface area contributed by atoms with E-state index in [1.807, 2.05) is 19.1 Å². The lowest BCUT2D eigenvalue weighted by atomic mass is 10.1. The Morgan fingerprint density at radius 2 is 2.05 bits per heavy atom. The van der Waals surface area contributed by atoms with Crippen LogP contribution in [0.5, 0.6) is 0 Å². The average molecular weight is 313 g/mol. The summed E-state index contributed by atoms with van der Waals surface area (Å²) in [6, 6.07) is 7.31. The molecule has 4 nitrogen and oxygen atoms in total. The molecule has 0 amide bonds. The van der Waals surface area contributed by atoms with Gasteiger partial charge in [-0.3, -0.25) is 9.71 Å². The number of halogens is 1. The Labute approximate surface area is 124 Å². The standard InChI is InChI=1S/C14H17ClN2O2S/c1-11-6-7-13(12-5-4-9-16-14(11)12)17-20(18,19)10-3-2-8-15/h4-7,9,17H,2-3,8,10H2,1H3. The highest BCUT2D eigenvalue weighted by molar-refractivity contribution is 7.92. The molecule has 0 saturated heterocycles. The minimum absolute atomic E-state index is 0.0787. The van der Waals surface area contributed by atoms with E-state index in [0.717, 1.165) is 16.5 Å². The number of hydrogen-bond acceptors (Lipinski definition) is 3. The van der Waals surface area contributed by atoms with Crippen LogP contribution in [0.4, 0.5) is 5.69 Å². The summed E-state index contributed by atoms with van der Waals surface area (Å²) in [4.78, 5) is 4.29. The van der Waals surface area contributed by atoms with Crippen LogP contribution in [0.3, 0.4) is 0 Å². The van der Waals surface area contributed by atoms with Crippen molar-refractivity contribution < 1.29 is 8.42 Å². The van der Waals surface area contributed by atoms with Crippen molar-refractivity contribution in [1.29, 1.82) is 0 Å². The summed E-state index contributed by atoms with van der Waals surface area (Å²) in [6.07, 6.45) is 2.95. The van der Waals surface area contributed by atoms with Gasteiger partial charge < -0.3 is 0 Å². The van der Waals surface area contributed by atoms with E-state index in [0.29, 0.717) is 24.4 Å². The molecule has 20 heavy (non-hydrogen) atoms. The molecule has 1 aromatic heterocycles. The number of sulfonamides is 1. The van der Waals surface area contributed by atoms with E-state index in [-0.39, 0.29) is 5.75 Å². The Bertz CT molecular complexity index is 701. The SMILES string of the molecule is Cc1ccc(NS(=O)(=O)CCCCCl)c2cccnc12. The van der Waals surface area contributed by atoms with E-state index in [2.05, 4.69) is 9.71 Å². The Morgan fingerprint density at radius 3 is 2.80 bits per heavy atom. The fourth-order valence-electron chi connectivity index (χ4n) is 2.01. The van der Waals surface area contributed by atoms with Crippen LogP contribution < -0.4 is 4.72 Å². The third-order valence-corrected chi connectivity index (χ3v) is 4.66. The first-order chi connectivity index (χ1) is 9.53. The molecule has 1 N–H and O–H groups in total. The van der Waals surface area contributed by atoms with Crippen molar-refractivity contribution in [3.05, 3.63) is 36.0 Å². The monoisotopic (exact) mass is 312 g/mol. The second kappa shape index (κ2) is 6.41. The summed E-state index contributed by atoms with van der Waals surface area (Å²) in [5.41, 5.74) is 2.41. The highest BCUT2D eigenvalue weighted by Crippen LogP contribution is 2.25. The molecule has 0 atom stereocenters. The van der Waals surface area contributed by atoms with Gasteiger partial charge in [0.05, 0.1) is 17.0 Å². The Morgan fingerprint density at radius 1 is 1.25 bits per heavy atom. The average Bonchev–Trinajstić information content (AvgIpc) is 2.42. The number of nitrogens with zero attached hydrogens (tertiary/aromatic N) is 1. The largest absolute Gasteiger partial charge is 0.283 e. The van der Waals surface area contributed by atoms with Gasteiger partial charge in [0.15, 0.2) is 0 Å². The van der Waals surface area contributed by atoms with E-state index in [4.69, 9.17) is 11.6 Å². The predicted molar refractivity (Wildman–Crippen MR) is 83.8 cm³/mol. The third kappa shape index (κ3) is 3.61. The molecule has 0 aliphatic carbocycles. The van der Waals surface area contributed by atoms with E-state index in [1.165, 1.54) is 0 Å². The maximum Gasteiger partial charge on any atom is 0.232 e. The molecule has 1 aromatic carbocycles. The number of hydrogen-bond donors (Lipinski definition) is 1. The smallest absolute Gasteiger partial charge is 0.232 e. The van der Waals surface area contributed by atoms with Crippen molar-refractivity contribution in [1.82, 2.24) is 4.98 Å². The van der Waals surface area contributed by atoms with Crippen molar-refractivity contribution >= 4 is 38.2 Å². The van der Waals surface area contributed by atoms with Crippen LogP contribution in [0.15, 0.2) is 30.5 Å². The zero-order valence-corrected chi connectivity index (χ0v) is 12.8. The molecular formula is C14H17ClN2O2S. The normalized spacial score (nSPS) is 11.7. The van der Waals surface area contributed by atoms with Crippen LogP contribution in [0.25, 0.3) is 10.9 Å². The highest BCUT2D eigenvalue weighted by atomic mass is 35.5. The molecule has 0 bridgehead atoms. The number of aryl methyl sites for hydroxylation is 1. The fraction of sp³-hybridized carbons (Fsp3) is 0.357. The van der Waals surface area contributed by atoms with Gasteiger partial charge in [0.2, 0.25) is 10.0 Å². The molecule has 6 heteroatoms. The molecule has 0 radical (unpaired) electrons. The summed E-state index contributed by atoms with van der Waals surface area (Å²) in [6.45, 7) is 1.95. The zero-order chi connectivity index (χ0) is 14.6. The second-order valence-electron chi connectivity index (χ2n) is 4.65. The summed E-state index contributed by atoms with van der Waals surface area (Å²) in [5.74, 6) is 0.558. The van der Waals surface area contributed by atoms with E-state index in [9.17, 15) is 8.42 Å². The topological polar surface area (TPSA) is 59.1 Å². The van der Waals surface area contributed by atoms with Crippen LogP contribution in [-0.2, 0) is 10.0 Å². The molecule has 2 aromatic rings. The van der Waals surface area contributed by atoms with E-state index >= 15 is 0 Å². The van der Waals surface area contributed by atoms with Gasteiger partial charge in [0.1, 0.15) is 0 Å². The molecule has 1 heterocycles. The number of pyridine rings is 1. The number of anilines is 1. The van der Waals surface area contributed by atoms with E-state index < -0.39 is 10.0 Å². The number of fused-ring (bicyclic) bond motifs is 1. The summed E-state index contributed by atoms with van der Waals surface area (Å²) in [7, 11) is -3.35. The first-order valence-electron chi connectivity index (χ1n) is 6.44. The number of benzene rings is 1. The van der Waals surface area contributed by atoms with Gasteiger partial charge in [-0.2, -0.15) is 0 Å². The molecular weight excluding hydrogens is 296 g/mol. The third-order valence-electron chi connectivity index (χ3n) is 3.03. The quantitative estimate of drug-likeness (QED) is 0.657. The molecule has 108 valence electrons. The lowest BCUT2D eigenvalue weighted by Gasteiger charge is -2.11. The highest BCUT2D eigenvalue weighted by Gasteiger charge is 2.12. The van der Waals surface area contributed by atoms with Gasteiger partial charge in [-0.25, -0.2) is 8.42 Å². The number of unbranched alkanes of at least 4 members (excludes halogenated alkanes) is 1. The van der Waals surface area contributed by atoms with Gasteiger partial charge in [-0.15, -0.1) is 11.6 Å². The van der Waals surface area contributed by atoms with E-state index in [1.54, 1.807) is 18.3 Å². The van der Waals surface area contributed by atoms with Crippen molar-refractivity contribution in [2.24, 2.45) is 0 Å². The first kappa shape index (κ1) is 15.1. The fourth-order valence-corrected chi connectivity index (χ4v) is 3.40. The molecule has 0 aliphatic rings. The molecule has 2 rings (SSSR count). The Kier molecular flexibility index (Phi) is 4.83. The first-order valence-corrected chi connectivity index (χ1v) is 8.63. The van der Waals surface area contributed by atoms with Crippen LogP contribution >= 0.6 is 11.6 Å². The number of alkyl halides is 1. The van der Waals surface area contributed by atoms with Crippen LogP contribution in [-0.4, -0.2) is 25.0 Å². The van der Waals surface area contributed by atoms with Gasteiger partial charge in [0, 0.05) is 17.5 Å². The lowest BCUT2D eigenvalue weighted by Crippen LogP contribution is -2.17. The van der Waals surface area contributed by atoms with Crippen LogP contribution in [0.1, 0.15) is 18.4 Å². The van der Waals surface area contributed by atoms with Crippen LogP contribution in [0, 0.1) is 6.92 Å². The van der Waals surface area contributed by atoms with Crippen molar-refractivity contribution in [2.45, 2.75) is 19.8 Å². The van der Waals surface area contributed by atoms with Crippen molar-refractivity contribution in [3.8, 4) is 0 Å². The van der Waals surface area contributed by atoms with Gasteiger partial charge in [-0.05, 0) is 43.5 Å². The van der Waals surface area contributed by atoms with Crippen molar-refractivity contribution in [2.75, 3.05) is 16.4 Å². The molecule has 0 spiro atoms. The lowest BCUT2D eigenvalue weighted by molar-refractivity contribution is 0.598. The van der Waals surface area contributed by atoms with Gasteiger partial charge in [0.25, 0.3) is 0 Å². The number of aromatic nitrogens is 1. The molecule has 0 fully saturated rings. The number of nitrogens with one attached hydrogen (secondary N) is 1. The van der Waals surface area contributed by atoms with Gasteiger partial charge >= 0.3 is 0 Å². The molecule has 0 unspecified atom stereocenters. The number of rotatable bonds is 6. The molecule has 0 saturated carbocycles. The predicted octanol–water partition coefficient (Wildman–Crippen LogP) is 3.30. The maximum atomic E-state index is 12.0. The Hall–Kier alpha value is -1.33. The van der Waals surface area contributed by atoms with Gasteiger partial charge in [-0.1, -0.05) is 6.07 Å². The van der Waals surface area contributed by atoms with Crippen LogP contribution in [0.2, 0.25) is 0 Å². The summed E-state index contributed by atoms with van der Waals surface area (Å²) >= 11 is 5.56.